The Hall–Kier alpha value is -1.39. The summed E-state index contributed by atoms with van der Waals surface area (Å²) in [6.45, 7) is 3.47. The summed E-state index contributed by atoms with van der Waals surface area (Å²) in [7, 11) is 1.61. The zero-order chi connectivity index (χ0) is 13.7. The molecule has 1 aromatic carbocycles. The third kappa shape index (κ3) is 3.78. The number of hydrogen-bond acceptors (Lipinski definition) is 4. The summed E-state index contributed by atoms with van der Waals surface area (Å²) in [5.41, 5.74) is 0.702. The fourth-order valence-corrected chi connectivity index (χ4v) is 2.21. The number of carbonyl (C=O) groups is 1. The van der Waals surface area contributed by atoms with Gasteiger partial charge >= 0.3 is 0 Å². The fourth-order valence-electron chi connectivity index (χ4n) is 2.21. The van der Waals surface area contributed by atoms with Gasteiger partial charge in [0.25, 0.3) is 0 Å². The molecule has 1 N–H and O–H groups in total. The van der Waals surface area contributed by atoms with E-state index in [1.807, 2.05) is 6.92 Å². The van der Waals surface area contributed by atoms with Crippen LogP contribution in [0, 0.1) is 0 Å². The van der Waals surface area contributed by atoms with Gasteiger partial charge in [-0.3, -0.25) is 4.79 Å². The smallest absolute Gasteiger partial charge is 0.179 e. The van der Waals surface area contributed by atoms with Gasteiger partial charge in [0.05, 0.1) is 19.3 Å². The molecule has 1 fully saturated rings. The van der Waals surface area contributed by atoms with Gasteiger partial charge in [0, 0.05) is 18.7 Å². The van der Waals surface area contributed by atoms with E-state index in [4.69, 9.17) is 9.47 Å². The second kappa shape index (κ2) is 6.68. The lowest BCUT2D eigenvalue weighted by Gasteiger charge is -2.16. The van der Waals surface area contributed by atoms with Crippen LogP contribution in [-0.2, 0) is 4.74 Å². The molecule has 0 aliphatic carbocycles. The molecule has 19 heavy (non-hydrogen) atoms. The van der Waals surface area contributed by atoms with E-state index in [0.717, 1.165) is 31.7 Å². The third-order valence-corrected chi connectivity index (χ3v) is 3.44. The molecule has 0 saturated carbocycles. The van der Waals surface area contributed by atoms with Crippen LogP contribution >= 0.6 is 0 Å². The van der Waals surface area contributed by atoms with E-state index in [0.29, 0.717) is 5.56 Å². The molecular formula is C15H21NO3. The van der Waals surface area contributed by atoms with Crippen LogP contribution in [0.4, 0.5) is 0 Å². The summed E-state index contributed by atoms with van der Waals surface area (Å²) in [5.74, 6) is 0.858. The minimum absolute atomic E-state index is 0.0978. The average molecular weight is 263 g/mol. The lowest BCUT2D eigenvalue weighted by molar-refractivity contribution is 0.0902. The second-order valence-corrected chi connectivity index (χ2v) is 4.86. The van der Waals surface area contributed by atoms with Crippen LogP contribution < -0.4 is 10.1 Å². The van der Waals surface area contributed by atoms with Crippen molar-refractivity contribution >= 4 is 5.78 Å². The summed E-state index contributed by atoms with van der Waals surface area (Å²) < 4.78 is 10.6. The zero-order valence-electron chi connectivity index (χ0n) is 11.5. The fraction of sp³-hybridized carbons (Fsp3) is 0.533. The lowest BCUT2D eigenvalue weighted by Crippen LogP contribution is -2.38. The SMILES string of the molecule is COc1ccc(C(=O)C(C)NCC2CCCO2)cc1. The summed E-state index contributed by atoms with van der Waals surface area (Å²) in [6.07, 6.45) is 2.45. The summed E-state index contributed by atoms with van der Waals surface area (Å²) >= 11 is 0. The van der Waals surface area contributed by atoms with E-state index in [-0.39, 0.29) is 17.9 Å². The van der Waals surface area contributed by atoms with E-state index in [2.05, 4.69) is 5.32 Å². The highest BCUT2D eigenvalue weighted by molar-refractivity contribution is 5.99. The van der Waals surface area contributed by atoms with Crippen LogP contribution in [0.2, 0.25) is 0 Å². The zero-order valence-corrected chi connectivity index (χ0v) is 11.5. The highest BCUT2D eigenvalue weighted by atomic mass is 16.5. The van der Waals surface area contributed by atoms with E-state index in [1.165, 1.54) is 0 Å². The van der Waals surface area contributed by atoms with Crippen molar-refractivity contribution in [3.8, 4) is 5.75 Å². The van der Waals surface area contributed by atoms with Gasteiger partial charge in [-0.2, -0.15) is 0 Å². The standard InChI is InChI=1S/C15H21NO3/c1-11(16-10-14-4-3-9-19-14)15(17)12-5-7-13(18-2)8-6-12/h5-8,11,14,16H,3-4,9-10H2,1-2H3. The Morgan fingerprint density at radius 2 is 2.21 bits per heavy atom. The number of carbonyl (C=O) groups excluding carboxylic acids is 1. The quantitative estimate of drug-likeness (QED) is 0.798. The van der Waals surface area contributed by atoms with Crippen molar-refractivity contribution in [1.29, 1.82) is 0 Å². The molecule has 1 aliphatic heterocycles. The average Bonchev–Trinajstić information content (AvgIpc) is 2.97. The largest absolute Gasteiger partial charge is 0.497 e. The molecule has 1 saturated heterocycles. The van der Waals surface area contributed by atoms with Gasteiger partial charge in [0.15, 0.2) is 5.78 Å². The molecule has 0 spiro atoms. The van der Waals surface area contributed by atoms with E-state index in [9.17, 15) is 4.79 Å². The highest BCUT2D eigenvalue weighted by Crippen LogP contribution is 2.14. The van der Waals surface area contributed by atoms with Gasteiger partial charge in [-0.1, -0.05) is 0 Å². The first-order valence-corrected chi connectivity index (χ1v) is 6.74. The van der Waals surface area contributed by atoms with Gasteiger partial charge in [-0.05, 0) is 44.0 Å². The van der Waals surface area contributed by atoms with Gasteiger partial charge < -0.3 is 14.8 Å². The Balaban J connectivity index is 1.86. The molecule has 2 unspecified atom stereocenters. The molecular weight excluding hydrogens is 242 g/mol. The predicted molar refractivity (Wildman–Crippen MR) is 73.8 cm³/mol. The van der Waals surface area contributed by atoms with Gasteiger partial charge in [0.1, 0.15) is 5.75 Å². The molecule has 0 aromatic heterocycles. The van der Waals surface area contributed by atoms with Crippen molar-refractivity contribution in [3.05, 3.63) is 29.8 Å². The number of nitrogens with one attached hydrogen (secondary N) is 1. The Bertz CT molecular complexity index is 410. The normalized spacial score (nSPS) is 20.2. The molecule has 104 valence electrons. The summed E-state index contributed by atoms with van der Waals surface area (Å²) in [5, 5.41) is 3.25. The third-order valence-electron chi connectivity index (χ3n) is 3.44. The number of methoxy groups -OCH3 is 1. The predicted octanol–water partition coefficient (Wildman–Crippen LogP) is 2.04. The number of Topliss-reactive ketones (excluding diaryl/α,β-unsaturated/α-hetero) is 1. The Kier molecular flexibility index (Phi) is 4.93. The maximum Gasteiger partial charge on any atom is 0.179 e. The topological polar surface area (TPSA) is 47.6 Å². The molecule has 1 aromatic rings. The van der Waals surface area contributed by atoms with Crippen molar-refractivity contribution in [2.75, 3.05) is 20.3 Å². The van der Waals surface area contributed by atoms with Crippen molar-refractivity contribution in [2.24, 2.45) is 0 Å². The minimum Gasteiger partial charge on any atom is -0.497 e. The van der Waals surface area contributed by atoms with Crippen LogP contribution in [0.3, 0.4) is 0 Å². The van der Waals surface area contributed by atoms with Crippen LogP contribution in [-0.4, -0.2) is 38.2 Å². The second-order valence-electron chi connectivity index (χ2n) is 4.86. The van der Waals surface area contributed by atoms with Gasteiger partial charge in [-0.25, -0.2) is 0 Å². The van der Waals surface area contributed by atoms with Crippen molar-refractivity contribution in [2.45, 2.75) is 31.9 Å². The number of rotatable bonds is 6. The van der Waals surface area contributed by atoms with Gasteiger partial charge in [-0.15, -0.1) is 0 Å². The number of ketones is 1. The maximum atomic E-state index is 12.2. The Labute approximate surface area is 114 Å². The molecule has 1 heterocycles. The summed E-state index contributed by atoms with van der Waals surface area (Å²) in [4.78, 5) is 12.2. The van der Waals surface area contributed by atoms with Crippen molar-refractivity contribution in [3.63, 3.8) is 0 Å². The Morgan fingerprint density at radius 1 is 1.47 bits per heavy atom. The van der Waals surface area contributed by atoms with Crippen LogP contribution in [0.15, 0.2) is 24.3 Å². The molecule has 4 heteroatoms. The number of benzene rings is 1. The van der Waals surface area contributed by atoms with E-state index < -0.39 is 0 Å². The maximum absolute atomic E-state index is 12.2. The number of ether oxygens (including phenoxy) is 2. The van der Waals surface area contributed by atoms with Crippen LogP contribution in [0.1, 0.15) is 30.1 Å². The van der Waals surface area contributed by atoms with Crippen molar-refractivity contribution in [1.82, 2.24) is 5.32 Å². The highest BCUT2D eigenvalue weighted by Gasteiger charge is 2.19. The van der Waals surface area contributed by atoms with Gasteiger partial charge in [0.2, 0.25) is 0 Å². The van der Waals surface area contributed by atoms with E-state index >= 15 is 0 Å². The summed E-state index contributed by atoms with van der Waals surface area (Å²) in [6, 6.07) is 7.01. The monoisotopic (exact) mass is 263 g/mol. The molecule has 2 rings (SSSR count). The first-order valence-electron chi connectivity index (χ1n) is 6.74. The molecule has 0 amide bonds. The minimum atomic E-state index is -0.197. The van der Waals surface area contributed by atoms with E-state index in [1.54, 1.807) is 31.4 Å². The van der Waals surface area contributed by atoms with Crippen LogP contribution in [0.25, 0.3) is 0 Å². The molecule has 4 nitrogen and oxygen atoms in total. The molecule has 1 aliphatic rings. The first kappa shape index (κ1) is 14.0. The lowest BCUT2D eigenvalue weighted by atomic mass is 10.1. The Morgan fingerprint density at radius 3 is 2.79 bits per heavy atom. The number of hydrogen-bond donors (Lipinski definition) is 1. The van der Waals surface area contributed by atoms with Crippen molar-refractivity contribution < 1.29 is 14.3 Å². The molecule has 0 radical (unpaired) electrons. The molecule has 0 bridgehead atoms. The first-order chi connectivity index (χ1) is 9.20. The van der Waals surface area contributed by atoms with Crippen LogP contribution in [0.5, 0.6) is 5.75 Å². The molecule has 2 atom stereocenters.